The van der Waals surface area contributed by atoms with Gasteiger partial charge in [0.15, 0.2) is 6.04 Å². The molecule has 0 bridgehead atoms. The summed E-state index contributed by atoms with van der Waals surface area (Å²) in [6, 6.07) is 3.27. The minimum Gasteiger partial charge on any atom is -0.491 e. The van der Waals surface area contributed by atoms with Crippen molar-refractivity contribution in [1.29, 1.82) is 0 Å². The number of halogens is 3. The van der Waals surface area contributed by atoms with E-state index in [1.807, 2.05) is 33.3 Å². The molecule has 1 atom stereocenters. The summed E-state index contributed by atoms with van der Waals surface area (Å²) in [5, 5.41) is 9.26. The van der Waals surface area contributed by atoms with Crippen molar-refractivity contribution in [2.45, 2.75) is 12.5 Å². The lowest BCUT2D eigenvalue weighted by Gasteiger charge is -2.31. The molecule has 0 spiro atoms. The molecule has 1 N–H and O–H groups in total. The second-order valence-corrected chi connectivity index (χ2v) is 7.93. The molecule has 0 unspecified atom stereocenters. The van der Waals surface area contributed by atoms with Crippen LogP contribution in [0.2, 0.25) is 0 Å². The number of hydrogen-bond donors (Lipinski definition) is 1. The normalized spacial score (nSPS) is 13.1. The Hall–Kier alpha value is -0.110. The fourth-order valence-corrected chi connectivity index (χ4v) is 4.27. The number of rotatable bonds is 6. The number of ether oxygens (including phenoxy) is 1. The van der Waals surface area contributed by atoms with Crippen LogP contribution in [0.1, 0.15) is 6.42 Å². The number of nitrogens with zero attached hydrogens (tertiary/aromatic N) is 1. The fourth-order valence-electron chi connectivity index (χ4n) is 1.78. The standard InChI is InChI=1S/C13H16Br3NO3/c1-17(2,3)11(13(18)19)4-5-20-12-9(15)6-8(14)7-10(12)16/h6-7,11H,4-5H2,1-3H3/p+1/t11-/m0/s1. The van der Waals surface area contributed by atoms with Gasteiger partial charge in [0, 0.05) is 10.9 Å². The topological polar surface area (TPSA) is 46.5 Å². The SMILES string of the molecule is C[N+](C)(C)[C@@H](CCOc1c(Br)cc(Br)cc1Br)C(=O)O. The van der Waals surface area contributed by atoms with E-state index in [0.29, 0.717) is 23.3 Å². The molecule has 1 rings (SSSR count). The highest BCUT2D eigenvalue weighted by molar-refractivity contribution is 9.11. The Morgan fingerprint density at radius 3 is 2.15 bits per heavy atom. The average Bonchev–Trinajstić information content (AvgIpc) is 2.24. The quantitative estimate of drug-likeness (QED) is 0.636. The Morgan fingerprint density at radius 1 is 1.25 bits per heavy atom. The second-order valence-electron chi connectivity index (χ2n) is 5.31. The van der Waals surface area contributed by atoms with E-state index in [4.69, 9.17) is 4.74 Å². The molecule has 0 fully saturated rings. The summed E-state index contributed by atoms with van der Waals surface area (Å²) in [6.07, 6.45) is 0.438. The molecule has 0 amide bonds. The molecule has 0 saturated carbocycles. The third-order valence-corrected chi connectivity index (χ3v) is 4.46. The van der Waals surface area contributed by atoms with E-state index in [1.54, 1.807) is 0 Å². The molecule has 0 saturated heterocycles. The lowest BCUT2D eigenvalue weighted by atomic mass is 10.1. The van der Waals surface area contributed by atoms with Gasteiger partial charge in [0.05, 0.1) is 36.7 Å². The van der Waals surface area contributed by atoms with Crippen molar-refractivity contribution in [1.82, 2.24) is 0 Å². The van der Waals surface area contributed by atoms with E-state index < -0.39 is 12.0 Å². The largest absolute Gasteiger partial charge is 0.491 e. The van der Waals surface area contributed by atoms with Crippen molar-refractivity contribution >= 4 is 53.8 Å². The number of likely N-dealkylation sites (N-methyl/N-ethyl adjacent to an activating group) is 1. The zero-order valence-corrected chi connectivity index (χ0v) is 16.2. The third-order valence-electron chi connectivity index (χ3n) is 2.82. The zero-order chi connectivity index (χ0) is 15.5. The van der Waals surface area contributed by atoms with Gasteiger partial charge in [-0.2, -0.15) is 0 Å². The first-order valence-corrected chi connectivity index (χ1v) is 8.32. The van der Waals surface area contributed by atoms with Crippen molar-refractivity contribution in [3.63, 3.8) is 0 Å². The Balaban J connectivity index is 2.71. The lowest BCUT2D eigenvalue weighted by molar-refractivity contribution is -0.887. The molecule has 7 heteroatoms. The van der Waals surface area contributed by atoms with Gasteiger partial charge >= 0.3 is 5.97 Å². The summed E-state index contributed by atoms with van der Waals surface area (Å²) in [5.41, 5.74) is 0. The summed E-state index contributed by atoms with van der Waals surface area (Å²) in [7, 11) is 5.60. The van der Waals surface area contributed by atoms with Crippen LogP contribution in [0, 0.1) is 0 Å². The molecular formula is C13H17Br3NO3+. The van der Waals surface area contributed by atoms with Gasteiger partial charge in [0.2, 0.25) is 0 Å². The highest BCUT2D eigenvalue weighted by atomic mass is 79.9. The van der Waals surface area contributed by atoms with Crippen molar-refractivity contribution < 1.29 is 19.1 Å². The molecule has 20 heavy (non-hydrogen) atoms. The minimum atomic E-state index is -0.810. The van der Waals surface area contributed by atoms with Crippen molar-refractivity contribution in [3.8, 4) is 5.75 Å². The maximum absolute atomic E-state index is 11.3. The predicted molar refractivity (Wildman–Crippen MR) is 89.1 cm³/mol. The van der Waals surface area contributed by atoms with Gasteiger partial charge in [0.1, 0.15) is 5.75 Å². The van der Waals surface area contributed by atoms with Crippen LogP contribution < -0.4 is 4.74 Å². The first kappa shape index (κ1) is 17.9. The zero-order valence-electron chi connectivity index (χ0n) is 11.5. The summed E-state index contributed by atoms with van der Waals surface area (Å²) in [5.74, 6) is -0.131. The van der Waals surface area contributed by atoms with Crippen molar-refractivity contribution in [3.05, 3.63) is 25.6 Å². The van der Waals surface area contributed by atoms with Gasteiger partial charge in [-0.1, -0.05) is 15.9 Å². The van der Waals surface area contributed by atoms with Gasteiger partial charge in [-0.05, 0) is 44.0 Å². The van der Waals surface area contributed by atoms with Gasteiger partial charge in [0.25, 0.3) is 0 Å². The number of carboxylic acids is 1. The van der Waals surface area contributed by atoms with Crippen LogP contribution in [0.4, 0.5) is 0 Å². The molecule has 0 heterocycles. The van der Waals surface area contributed by atoms with Crippen LogP contribution in [-0.2, 0) is 4.79 Å². The Kier molecular flexibility index (Phi) is 6.50. The monoisotopic (exact) mass is 472 g/mol. The molecule has 0 aliphatic rings. The number of aliphatic carboxylic acids is 1. The summed E-state index contributed by atoms with van der Waals surface area (Å²) in [6.45, 7) is 0.339. The van der Waals surface area contributed by atoms with E-state index in [-0.39, 0.29) is 0 Å². The molecule has 112 valence electrons. The van der Waals surface area contributed by atoms with Crippen molar-refractivity contribution in [2.75, 3.05) is 27.7 Å². The molecule has 4 nitrogen and oxygen atoms in total. The molecular weight excluding hydrogens is 458 g/mol. The van der Waals surface area contributed by atoms with Crippen LogP contribution in [0.15, 0.2) is 25.6 Å². The second kappa shape index (κ2) is 7.24. The lowest BCUT2D eigenvalue weighted by Crippen LogP contribution is -2.50. The first-order chi connectivity index (χ1) is 9.12. The third kappa shape index (κ3) is 5.02. The van der Waals surface area contributed by atoms with Crippen molar-refractivity contribution in [2.24, 2.45) is 0 Å². The van der Waals surface area contributed by atoms with Gasteiger partial charge in [-0.3, -0.25) is 0 Å². The predicted octanol–water partition coefficient (Wildman–Crippen LogP) is 3.90. The maximum Gasteiger partial charge on any atom is 0.362 e. The number of carbonyl (C=O) groups is 1. The Morgan fingerprint density at radius 2 is 1.75 bits per heavy atom. The number of carboxylic acid groups (broad SMARTS) is 1. The van der Waals surface area contributed by atoms with Gasteiger partial charge in [-0.15, -0.1) is 0 Å². The molecule has 0 aliphatic carbocycles. The Labute approximate surface area is 144 Å². The van der Waals surface area contributed by atoms with Crippen LogP contribution in [0.3, 0.4) is 0 Å². The highest BCUT2D eigenvalue weighted by Crippen LogP contribution is 2.36. The van der Waals surface area contributed by atoms with Crippen LogP contribution in [0.5, 0.6) is 5.75 Å². The van der Waals surface area contributed by atoms with E-state index in [2.05, 4.69) is 47.8 Å². The summed E-state index contributed by atoms with van der Waals surface area (Å²) in [4.78, 5) is 11.3. The van der Waals surface area contributed by atoms with E-state index in [1.165, 1.54) is 0 Å². The van der Waals surface area contributed by atoms with Gasteiger partial charge < -0.3 is 14.3 Å². The smallest absolute Gasteiger partial charge is 0.362 e. The molecule has 0 aliphatic heterocycles. The van der Waals surface area contributed by atoms with Crippen LogP contribution in [-0.4, -0.2) is 49.4 Å². The van der Waals surface area contributed by atoms with Crippen LogP contribution >= 0.6 is 47.8 Å². The molecule has 0 radical (unpaired) electrons. The number of quaternary nitrogens is 1. The van der Waals surface area contributed by atoms with Crippen LogP contribution in [0.25, 0.3) is 0 Å². The average molecular weight is 475 g/mol. The first-order valence-electron chi connectivity index (χ1n) is 5.94. The summed E-state index contributed by atoms with van der Waals surface area (Å²) >= 11 is 10.2. The summed E-state index contributed by atoms with van der Waals surface area (Å²) < 4.78 is 8.63. The van der Waals surface area contributed by atoms with E-state index >= 15 is 0 Å². The highest BCUT2D eigenvalue weighted by Gasteiger charge is 2.31. The fraction of sp³-hybridized carbons (Fsp3) is 0.462. The Bertz CT molecular complexity index is 477. The molecule has 1 aromatic carbocycles. The molecule has 1 aromatic rings. The van der Waals surface area contributed by atoms with E-state index in [9.17, 15) is 9.90 Å². The number of hydrogen-bond acceptors (Lipinski definition) is 2. The van der Waals surface area contributed by atoms with E-state index in [0.717, 1.165) is 13.4 Å². The maximum atomic E-state index is 11.3. The molecule has 0 aromatic heterocycles. The minimum absolute atomic E-state index is 0.339. The number of benzene rings is 1. The van der Waals surface area contributed by atoms with Gasteiger partial charge in [-0.25, -0.2) is 4.79 Å².